The summed E-state index contributed by atoms with van der Waals surface area (Å²) in [4.78, 5) is 42.6. The van der Waals surface area contributed by atoms with E-state index in [4.69, 9.17) is 0 Å². The Labute approximate surface area is 191 Å². The van der Waals surface area contributed by atoms with Gasteiger partial charge in [0.05, 0.1) is 10.6 Å². The lowest BCUT2D eigenvalue weighted by atomic mass is 10.2. The Hall–Kier alpha value is -3.20. The van der Waals surface area contributed by atoms with Crippen molar-refractivity contribution < 1.29 is 14.5 Å². The van der Waals surface area contributed by atoms with Gasteiger partial charge in [-0.15, -0.1) is 0 Å². The quantitative estimate of drug-likeness (QED) is 0.304. The van der Waals surface area contributed by atoms with E-state index in [1.807, 2.05) is 30.3 Å². The normalized spacial score (nSPS) is 17.0. The first-order chi connectivity index (χ1) is 15.5. The van der Waals surface area contributed by atoms with Gasteiger partial charge in [0.15, 0.2) is 5.17 Å². The smallest absolute Gasteiger partial charge is 0.292 e. The molecule has 0 saturated carbocycles. The number of nitrogens with one attached hydrogen (secondary N) is 1. The van der Waals surface area contributed by atoms with E-state index in [0.29, 0.717) is 11.7 Å². The third kappa shape index (κ3) is 6.16. The van der Waals surface area contributed by atoms with Crippen molar-refractivity contribution in [1.82, 2.24) is 4.90 Å². The van der Waals surface area contributed by atoms with Gasteiger partial charge < -0.3 is 5.32 Å². The van der Waals surface area contributed by atoms with Crippen LogP contribution >= 0.6 is 11.8 Å². The number of carbonyl (C=O) groups is 2. The topological polar surface area (TPSA) is 105 Å². The largest absolute Gasteiger partial charge is 0.320 e. The highest BCUT2D eigenvalue weighted by molar-refractivity contribution is 8.15. The maximum atomic E-state index is 13.1. The summed E-state index contributed by atoms with van der Waals surface area (Å²) in [7, 11) is 0. The molecular formula is C23H26N4O4S. The molecule has 1 heterocycles. The predicted octanol–water partition coefficient (Wildman–Crippen LogP) is 5.14. The van der Waals surface area contributed by atoms with Gasteiger partial charge in [-0.1, -0.05) is 68.3 Å². The molecule has 9 heteroatoms. The van der Waals surface area contributed by atoms with Crippen molar-refractivity contribution in [3.05, 3.63) is 64.7 Å². The van der Waals surface area contributed by atoms with Crippen LogP contribution in [0.25, 0.3) is 0 Å². The highest BCUT2D eigenvalue weighted by Gasteiger charge is 2.39. The minimum absolute atomic E-state index is 0.0885. The molecule has 1 aliphatic heterocycles. The van der Waals surface area contributed by atoms with Crippen molar-refractivity contribution in [2.24, 2.45) is 4.99 Å². The fourth-order valence-corrected chi connectivity index (χ4v) is 4.53. The average molecular weight is 455 g/mol. The first-order valence-electron chi connectivity index (χ1n) is 10.6. The number of nitrogens with zero attached hydrogens (tertiary/aromatic N) is 3. The number of thioether (sulfide) groups is 1. The molecule has 0 spiro atoms. The Bertz CT molecular complexity index is 997. The number of anilines is 1. The van der Waals surface area contributed by atoms with Crippen LogP contribution in [0.4, 0.5) is 17.1 Å². The van der Waals surface area contributed by atoms with Crippen LogP contribution in [0.3, 0.4) is 0 Å². The molecule has 8 nitrogen and oxygen atoms in total. The van der Waals surface area contributed by atoms with Crippen molar-refractivity contribution in [1.29, 1.82) is 0 Å². The maximum absolute atomic E-state index is 13.1. The number of para-hydroxylation sites is 3. The fourth-order valence-electron chi connectivity index (χ4n) is 3.35. The van der Waals surface area contributed by atoms with Gasteiger partial charge in [-0.3, -0.25) is 24.6 Å². The lowest BCUT2D eigenvalue weighted by molar-refractivity contribution is -0.383. The van der Waals surface area contributed by atoms with E-state index < -0.39 is 16.1 Å². The standard InChI is InChI=1S/C23H26N4O4S/c1-2-3-4-10-15-26-22(29)20(32-23(26)24-17-11-6-5-7-12-17)16-21(28)25-18-13-8-9-14-19(18)27(30)31/h5-9,11-14,20H,2-4,10,15-16H2,1H3,(H,25,28). The van der Waals surface area contributed by atoms with Gasteiger partial charge in [-0.2, -0.15) is 0 Å². The number of benzene rings is 2. The zero-order chi connectivity index (χ0) is 22.9. The zero-order valence-electron chi connectivity index (χ0n) is 17.9. The van der Waals surface area contributed by atoms with Gasteiger partial charge in [0.25, 0.3) is 5.69 Å². The van der Waals surface area contributed by atoms with E-state index >= 15 is 0 Å². The highest BCUT2D eigenvalue weighted by Crippen LogP contribution is 2.32. The zero-order valence-corrected chi connectivity index (χ0v) is 18.7. The van der Waals surface area contributed by atoms with Crippen LogP contribution in [0.2, 0.25) is 0 Å². The van der Waals surface area contributed by atoms with Crippen molar-refractivity contribution in [2.45, 2.75) is 44.3 Å². The van der Waals surface area contributed by atoms with Crippen molar-refractivity contribution in [3.8, 4) is 0 Å². The molecule has 1 unspecified atom stereocenters. The number of amidine groups is 1. The summed E-state index contributed by atoms with van der Waals surface area (Å²) >= 11 is 1.27. The third-order valence-electron chi connectivity index (χ3n) is 4.98. The first-order valence-corrected chi connectivity index (χ1v) is 11.5. The van der Waals surface area contributed by atoms with Crippen LogP contribution in [-0.4, -0.2) is 38.6 Å². The van der Waals surface area contributed by atoms with Crippen LogP contribution in [0.1, 0.15) is 39.0 Å². The molecule has 32 heavy (non-hydrogen) atoms. The summed E-state index contributed by atoms with van der Waals surface area (Å²) in [6.07, 6.45) is 3.99. The number of nitro groups is 1. The summed E-state index contributed by atoms with van der Waals surface area (Å²) in [5.41, 5.74) is 0.675. The van der Waals surface area contributed by atoms with E-state index in [-0.39, 0.29) is 23.7 Å². The van der Waals surface area contributed by atoms with Gasteiger partial charge in [0, 0.05) is 19.0 Å². The summed E-state index contributed by atoms with van der Waals surface area (Å²) in [6, 6.07) is 15.3. The molecule has 0 aliphatic carbocycles. The monoisotopic (exact) mass is 454 g/mol. The number of carbonyl (C=O) groups excluding carboxylic acids is 2. The molecule has 0 aromatic heterocycles. The Morgan fingerprint density at radius 1 is 1.12 bits per heavy atom. The van der Waals surface area contributed by atoms with Gasteiger partial charge >= 0.3 is 0 Å². The summed E-state index contributed by atoms with van der Waals surface area (Å²) < 4.78 is 0. The minimum Gasteiger partial charge on any atom is -0.320 e. The van der Waals surface area contributed by atoms with E-state index in [9.17, 15) is 19.7 Å². The number of hydrogen-bond donors (Lipinski definition) is 1. The van der Waals surface area contributed by atoms with Crippen LogP contribution in [0, 0.1) is 10.1 Å². The summed E-state index contributed by atoms with van der Waals surface area (Å²) in [5.74, 6) is -0.601. The van der Waals surface area contributed by atoms with Crippen LogP contribution < -0.4 is 5.32 Å². The molecular weight excluding hydrogens is 428 g/mol. The molecule has 0 radical (unpaired) electrons. The Balaban J connectivity index is 1.72. The number of rotatable bonds is 10. The molecule has 2 amide bonds. The molecule has 3 rings (SSSR count). The molecule has 0 bridgehead atoms. The summed E-state index contributed by atoms with van der Waals surface area (Å²) in [5, 5.41) is 13.7. The second-order valence-corrected chi connectivity index (χ2v) is 8.58. The SMILES string of the molecule is CCCCCCN1C(=O)C(CC(=O)Nc2ccccc2[N+](=O)[O-])SC1=Nc1ccccc1. The number of unbranched alkanes of at least 4 members (excludes halogenated alkanes) is 3. The highest BCUT2D eigenvalue weighted by atomic mass is 32.2. The Kier molecular flexibility index (Phi) is 8.38. The van der Waals surface area contributed by atoms with Gasteiger partial charge in [-0.05, 0) is 24.6 Å². The molecule has 1 N–H and O–H groups in total. The molecule has 1 atom stereocenters. The Morgan fingerprint density at radius 3 is 2.56 bits per heavy atom. The second kappa shape index (κ2) is 11.4. The van der Waals surface area contributed by atoms with Crippen LogP contribution in [0.5, 0.6) is 0 Å². The second-order valence-electron chi connectivity index (χ2n) is 7.41. The molecule has 1 saturated heterocycles. The molecule has 2 aromatic carbocycles. The van der Waals surface area contributed by atoms with Crippen molar-refractivity contribution >= 4 is 45.8 Å². The fraction of sp³-hybridized carbons (Fsp3) is 0.348. The number of aliphatic imine (C=N–C) groups is 1. The third-order valence-corrected chi connectivity index (χ3v) is 6.16. The van der Waals surface area contributed by atoms with Crippen molar-refractivity contribution in [3.63, 3.8) is 0 Å². The maximum Gasteiger partial charge on any atom is 0.292 e. The Morgan fingerprint density at radius 2 is 1.84 bits per heavy atom. The van der Waals surface area contributed by atoms with E-state index in [1.54, 1.807) is 11.0 Å². The predicted molar refractivity (Wildman–Crippen MR) is 127 cm³/mol. The number of amides is 2. The minimum atomic E-state index is -0.619. The van der Waals surface area contributed by atoms with E-state index in [1.165, 1.54) is 30.0 Å². The molecule has 1 fully saturated rings. The van der Waals surface area contributed by atoms with Crippen LogP contribution in [0.15, 0.2) is 59.6 Å². The van der Waals surface area contributed by atoms with Gasteiger partial charge in [-0.25, -0.2) is 4.99 Å². The van der Waals surface area contributed by atoms with E-state index in [2.05, 4.69) is 17.2 Å². The van der Waals surface area contributed by atoms with Gasteiger partial charge in [0.1, 0.15) is 10.9 Å². The molecule has 1 aliphatic rings. The lowest BCUT2D eigenvalue weighted by Crippen LogP contribution is -2.34. The average Bonchev–Trinajstić information content (AvgIpc) is 3.06. The summed E-state index contributed by atoms with van der Waals surface area (Å²) in [6.45, 7) is 2.69. The van der Waals surface area contributed by atoms with Crippen molar-refractivity contribution in [2.75, 3.05) is 11.9 Å². The van der Waals surface area contributed by atoms with Crippen LogP contribution in [-0.2, 0) is 9.59 Å². The van der Waals surface area contributed by atoms with E-state index in [0.717, 1.165) is 31.4 Å². The number of hydrogen-bond acceptors (Lipinski definition) is 6. The molecule has 168 valence electrons. The number of nitro benzene ring substituents is 1. The van der Waals surface area contributed by atoms with Gasteiger partial charge in [0.2, 0.25) is 11.8 Å². The lowest BCUT2D eigenvalue weighted by Gasteiger charge is -2.16. The molecule has 2 aromatic rings. The first kappa shape index (κ1) is 23.5.